The first-order valence-electron chi connectivity index (χ1n) is 12.4. The molecule has 0 aliphatic carbocycles. The minimum atomic E-state index is -0.688. The lowest BCUT2D eigenvalue weighted by atomic mass is 9.89. The Hall–Kier alpha value is -4.72. The van der Waals surface area contributed by atoms with Gasteiger partial charge in [-0.25, -0.2) is 0 Å². The lowest BCUT2D eigenvalue weighted by Gasteiger charge is -2.17. The summed E-state index contributed by atoms with van der Waals surface area (Å²) in [6.45, 7) is 5.90. The van der Waals surface area contributed by atoms with Gasteiger partial charge >= 0.3 is 0 Å². The van der Waals surface area contributed by atoms with Crippen LogP contribution in [0.4, 0.5) is 5.69 Å². The van der Waals surface area contributed by atoms with E-state index in [1.807, 2.05) is 55.7 Å². The number of nitrogens with zero attached hydrogens (tertiary/aromatic N) is 1. The van der Waals surface area contributed by atoms with Gasteiger partial charge in [0.1, 0.15) is 11.5 Å². The third kappa shape index (κ3) is 4.80. The number of ether oxygens (including phenoxy) is 1. The van der Waals surface area contributed by atoms with Gasteiger partial charge in [0.25, 0.3) is 5.91 Å². The van der Waals surface area contributed by atoms with E-state index in [2.05, 4.69) is 28.7 Å². The number of aromatic hydroxyl groups is 1. The Bertz CT molecular complexity index is 1650. The number of nitrogens with one attached hydrogen (secondary N) is 2. The van der Waals surface area contributed by atoms with E-state index < -0.39 is 11.8 Å². The Labute approximate surface area is 220 Å². The summed E-state index contributed by atoms with van der Waals surface area (Å²) in [7, 11) is 0. The summed E-state index contributed by atoms with van der Waals surface area (Å²) < 4.78 is 7.64. The topological polar surface area (TPSA) is 122 Å². The summed E-state index contributed by atoms with van der Waals surface area (Å²) in [6, 6.07) is 18.4. The molecule has 2 heterocycles. The molecule has 38 heavy (non-hydrogen) atoms. The second-order valence-corrected chi connectivity index (χ2v) is 9.78. The number of phenols is 1. The van der Waals surface area contributed by atoms with Gasteiger partial charge < -0.3 is 30.4 Å². The van der Waals surface area contributed by atoms with Gasteiger partial charge in [0.05, 0.1) is 11.4 Å². The van der Waals surface area contributed by atoms with Crippen LogP contribution >= 0.6 is 0 Å². The second-order valence-electron chi connectivity index (χ2n) is 9.78. The van der Waals surface area contributed by atoms with E-state index in [9.17, 15) is 14.7 Å². The largest absolute Gasteiger partial charge is 0.508 e. The SMILES string of the molecule is Cc1ccc(NC(=O)C(c2c[nH]c3ccc(O)cc23)c2cn(C(C)C)c3cc(OCC(N)=O)ccc23)cc1. The maximum absolute atomic E-state index is 14.0. The zero-order valence-corrected chi connectivity index (χ0v) is 21.5. The van der Waals surface area contributed by atoms with Crippen LogP contribution in [0.3, 0.4) is 0 Å². The van der Waals surface area contributed by atoms with Crippen molar-refractivity contribution in [3.05, 3.63) is 89.7 Å². The number of rotatable bonds is 8. The molecule has 0 bridgehead atoms. The number of hydrogen-bond donors (Lipinski definition) is 4. The number of hydrogen-bond acceptors (Lipinski definition) is 4. The van der Waals surface area contributed by atoms with Crippen LogP contribution in [-0.4, -0.2) is 33.1 Å². The highest BCUT2D eigenvalue weighted by Gasteiger charge is 2.30. The standard InChI is InChI=1S/C30H30N4O4/c1-17(2)34-15-25(22-10-9-21(13-27(22)34)38-16-28(31)36)29(30(37)33-19-6-4-18(3)5-7-19)24-14-32-26-11-8-20(35)12-23(24)26/h4-15,17,29,32,35H,16H2,1-3H3,(H2,31,36)(H,33,37). The van der Waals surface area contributed by atoms with Crippen molar-refractivity contribution in [2.24, 2.45) is 5.73 Å². The Morgan fingerprint density at radius 3 is 2.50 bits per heavy atom. The van der Waals surface area contributed by atoms with Crippen molar-refractivity contribution < 1.29 is 19.4 Å². The molecule has 2 aromatic heterocycles. The van der Waals surface area contributed by atoms with Crippen LogP contribution in [0.5, 0.6) is 11.5 Å². The minimum absolute atomic E-state index is 0.0884. The zero-order chi connectivity index (χ0) is 27.0. The Kier molecular flexibility index (Phi) is 6.55. The molecule has 0 aliphatic heterocycles. The summed E-state index contributed by atoms with van der Waals surface area (Å²) in [5.41, 5.74) is 10.3. The van der Waals surface area contributed by atoms with Crippen LogP contribution in [0.25, 0.3) is 21.8 Å². The fraction of sp³-hybridized carbons (Fsp3) is 0.200. The highest BCUT2D eigenvalue weighted by Crippen LogP contribution is 2.39. The molecule has 5 rings (SSSR count). The van der Waals surface area contributed by atoms with Crippen molar-refractivity contribution in [2.75, 3.05) is 11.9 Å². The van der Waals surface area contributed by atoms with E-state index in [0.29, 0.717) is 11.4 Å². The average molecular weight is 511 g/mol. The van der Waals surface area contributed by atoms with E-state index in [4.69, 9.17) is 10.5 Å². The molecular weight excluding hydrogens is 480 g/mol. The number of primary amides is 1. The van der Waals surface area contributed by atoms with Gasteiger partial charge in [0.15, 0.2) is 6.61 Å². The number of carbonyl (C=O) groups excluding carboxylic acids is 2. The molecule has 0 saturated heterocycles. The molecule has 1 atom stereocenters. The van der Waals surface area contributed by atoms with E-state index in [1.54, 1.807) is 24.3 Å². The highest BCUT2D eigenvalue weighted by atomic mass is 16.5. The first-order valence-corrected chi connectivity index (χ1v) is 12.4. The van der Waals surface area contributed by atoms with Crippen LogP contribution in [-0.2, 0) is 9.59 Å². The monoisotopic (exact) mass is 510 g/mol. The van der Waals surface area contributed by atoms with Crippen LogP contribution in [0.15, 0.2) is 73.1 Å². The number of aromatic amines is 1. The number of nitrogens with two attached hydrogens (primary N) is 1. The van der Waals surface area contributed by atoms with E-state index in [1.165, 1.54) is 0 Å². The summed E-state index contributed by atoms with van der Waals surface area (Å²) in [6.07, 6.45) is 3.82. The smallest absolute Gasteiger partial charge is 0.255 e. The lowest BCUT2D eigenvalue weighted by Crippen LogP contribution is -2.22. The molecule has 5 N–H and O–H groups in total. The van der Waals surface area contributed by atoms with Gasteiger partial charge in [-0.1, -0.05) is 17.7 Å². The molecule has 2 amide bonds. The van der Waals surface area contributed by atoms with Crippen molar-refractivity contribution in [1.29, 1.82) is 0 Å². The molecule has 1 unspecified atom stereocenters. The fourth-order valence-corrected chi connectivity index (χ4v) is 4.83. The third-order valence-corrected chi connectivity index (χ3v) is 6.67. The van der Waals surface area contributed by atoms with Crippen LogP contribution < -0.4 is 15.8 Å². The van der Waals surface area contributed by atoms with Gasteiger partial charge in [-0.15, -0.1) is 0 Å². The quantitative estimate of drug-likeness (QED) is 0.225. The summed E-state index contributed by atoms with van der Waals surface area (Å²) in [4.78, 5) is 28.5. The summed E-state index contributed by atoms with van der Waals surface area (Å²) in [5, 5.41) is 15.0. The van der Waals surface area contributed by atoms with Crippen molar-refractivity contribution in [3.8, 4) is 11.5 Å². The number of benzene rings is 3. The van der Waals surface area contributed by atoms with Crippen molar-refractivity contribution in [1.82, 2.24) is 9.55 Å². The first-order chi connectivity index (χ1) is 18.2. The molecule has 0 spiro atoms. The van der Waals surface area contributed by atoms with Crippen molar-refractivity contribution >= 4 is 39.3 Å². The van der Waals surface area contributed by atoms with Gasteiger partial charge in [0, 0.05) is 46.5 Å². The van der Waals surface area contributed by atoms with Crippen molar-refractivity contribution in [3.63, 3.8) is 0 Å². The lowest BCUT2D eigenvalue weighted by molar-refractivity contribution is -0.120. The van der Waals surface area contributed by atoms with Gasteiger partial charge in [-0.3, -0.25) is 9.59 Å². The molecule has 194 valence electrons. The molecule has 3 aromatic carbocycles. The molecule has 0 radical (unpaired) electrons. The van der Waals surface area contributed by atoms with E-state index in [-0.39, 0.29) is 24.3 Å². The third-order valence-electron chi connectivity index (χ3n) is 6.67. The Balaban J connectivity index is 1.68. The normalized spacial score (nSPS) is 12.2. The number of fused-ring (bicyclic) bond motifs is 2. The van der Waals surface area contributed by atoms with Gasteiger partial charge in [-0.2, -0.15) is 0 Å². The molecule has 8 heteroatoms. The van der Waals surface area contributed by atoms with E-state index >= 15 is 0 Å². The van der Waals surface area contributed by atoms with Gasteiger partial charge in [-0.05, 0) is 74.4 Å². The number of amides is 2. The zero-order valence-electron chi connectivity index (χ0n) is 21.5. The van der Waals surface area contributed by atoms with Crippen LogP contribution in [0.2, 0.25) is 0 Å². The Morgan fingerprint density at radius 1 is 1.03 bits per heavy atom. The van der Waals surface area contributed by atoms with Crippen LogP contribution in [0.1, 0.15) is 42.5 Å². The number of carbonyl (C=O) groups is 2. The summed E-state index contributed by atoms with van der Waals surface area (Å²) >= 11 is 0. The Morgan fingerprint density at radius 2 is 1.79 bits per heavy atom. The molecule has 0 aliphatic rings. The van der Waals surface area contributed by atoms with E-state index in [0.717, 1.165) is 38.5 Å². The van der Waals surface area contributed by atoms with Crippen LogP contribution in [0, 0.1) is 6.92 Å². The molecule has 0 saturated carbocycles. The minimum Gasteiger partial charge on any atom is -0.508 e. The first kappa shape index (κ1) is 25.0. The maximum atomic E-state index is 14.0. The maximum Gasteiger partial charge on any atom is 0.255 e. The fourth-order valence-electron chi connectivity index (χ4n) is 4.83. The number of phenolic OH excluding ortho intramolecular Hbond substituents is 1. The second kappa shape index (κ2) is 9.97. The highest BCUT2D eigenvalue weighted by molar-refractivity contribution is 6.04. The number of H-pyrrole nitrogens is 1. The predicted molar refractivity (Wildman–Crippen MR) is 149 cm³/mol. The molecule has 0 fully saturated rings. The van der Waals surface area contributed by atoms with Gasteiger partial charge in [0.2, 0.25) is 5.91 Å². The number of anilines is 1. The molecular formula is C30H30N4O4. The molecule has 5 aromatic rings. The van der Waals surface area contributed by atoms with Crippen molar-refractivity contribution in [2.45, 2.75) is 32.7 Å². The average Bonchev–Trinajstić information content (AvgIpc) is 3.46. The predicted octanol–water partition coefficient (Wildman–Crippen LogP) is 5.35. The summed E-state index contributed by atoms with van der Waals surface area (Å²) in [5.74, 6) is -0.806. The number of aryl methyl sites for hydroxylation is 1. The molecule has 8 nitrogen and oxygen atoms in total. The number of aromatic nitrogens is 2.